The highest BCUT2D eigenvalue weighted by atomic mass is 32.2. The molecule has 1 unspecified atom stereocenters. The van der Waals surface area contributed by atoms with Crippen LogP contribution in [0.3, 0.4) is 0 Å². The highest BCUT2D eigenvalue weighted by Crippen LogP contribution is 2.39. The number of carbonyl (C=O) groups is 3. The van der Waals surface area contributed by atoms with Crippen LogP contribution in [0.2, 0.25) is 0 Å². The fourth-order valence-corrected chi connectivity index (χ4v) is 4.18. The van der Waals surface area contributed by atoms with Crippen LogP contribution in [0.4, 0.5) is 0 Å². The van der Waals surface area contributed by atoms with Crippen molar-refractivity contribution < 1.29 is 19.1 Å². The average Bonchev–Trinajstić information content (AvgIpc) is 2.93. The third kappa shape index (κ3) is 2.56. The molecule has 1 aromatic rings. The SMILES string of the molecule is COC(=O)[C@@H]1CS[C@@H]2C(NC(=O)Cc3ccccc3)C(=O)N21. The molecule has 0 spiro atoms. The number of ether oxygens (including phenoxy) is 1. The normalized spacial score (nSPS) is 26.1. The van der Waals surface area contributed by atoms with Gasteiger partial charge in [-0.3, -0.25) is 9.59 Å². The Hall–Kier alpha value is -2.02. The summed E-state index contributed by atoms with van der Waals surface area (Å²) in [6.45, 7) is 0. The standard InChI is InChI=1S/C15H16N2O4S/c1-21-15(20)10-8-22-14-12(13(19)17(10)14)16-11(18)7-9-5-3-2-4-6-9/h2-6,10,12,14H,7-8H2,1H3,(H,16,18)/t10-,12?,14+/m0/s1. The second-order valence-corrected chi connectivity index (χ2v) is 6.37. The summed E-state index contributed by atoms with van der Waals surface area (Å²) in [5.41, 5.74) is 0.898. The lowest BCUT2D eigenvalue weighted by atomic mass is 10.0. The van der Waals surface area contributed by atoms with E-state index < -0.39 is 18.1 Å². The quantitative estimate of drug-likeness (QED) is 0.632. The van der Waals surface area contributed by atoms with E-state index in [4.69, 9.17) is 4.74 Å². The smallest absolute Gasteiger partial charge is 0.329 e. The van der Waals surface area contributed by atoms with E-state index in [9.17, 15) is 14.4 Å². The summed E-state index contributed by atoms with van der Waals surface area (Å²) in [6, 6.07) is 8.28. The molecule has 3 rings (SSSR count). The van der Waals surface area contributed by atoms with E-state index in [1.807, 2.05) is 30.3 Å². The van der Waals surface area contributed by atoms with Gasteiger partial charge in [0.05, 0.1) is 13.5 Å². The molecule has 1 aromatic carbocycles. The molecule has 116 valence electrons. The molecule has 0 bridgehead atoms. The lowest BCUT2D eigenvalue weighted by molar-refractivity contribution is -0.160. The van der Waals surface area contributed by atoms with Crippen molar-refractivity contribution in [3.63, 3.8) is 0 Å². The predicted molar refractivity (Wildman–Crippen MR) is 81.0 cm³/mol. The second kappa shape index (κ2) is 6.00. The summed E-state index contributed by atoms with van der Waals surface area (Å²) in [6.07, 6.45) is 0.239. The maximum Gasteiger partial charge on any atom is 0.329 e. The molecule has 22 heavy (non-hydrogen) atoms. The summed E-state index contributed by atoms with van der Waals surface area (Å²) in [7, 11) is 1.31. The highest BCUT2D eigenvalue weighted by molar-refractivity contribution is 8.00. The van der Waals surface area contributed by atoms with Gasteiger partial charge in [-0.15, -0.1) is 11.8 Å². The van der Waals surface area contributed by atoms with Gasteiger partial charge in [-0.2, -0.15) is 0 Å². The Balaban J connectivity index is 1.58. The van der Waals surface area contributed by atoms with Gasteiger partial charge in [-0.25, -0.2) is 4.79 Å². The van der Waals surface area contributed by atoms with Crippen LogP contribution in [-0.4, -0.2) is 53.0 Å². The summed E-state index contributed by atoms with van der Waals surface area (Å²) in [5, 5.41) is 2.59. The molecule has 2 aliphatic heterocycles. The average molecular weight is 320 g/mol. The van der Waals surface area contributed by atoms with Crippen molar-refractivity contribution in [1.29, 1.82) is 0 Å². The summed E-state index contributed by atoms with van der Waals surface area (Å²) >= 11 is 1.49. The van der Waals surface area contributed by atoms with Gasteiger partial charge in [0.15, 0.2) is 0 Å². The minimum atomic E-state index is -0.545. The molecular formula is C15H16N2O4S. The third-order valence-electron chi connectivity index (χ3n) is 3.84. The molecule has 0 aromatic heterocycles. The van der Waals surface area contributed by atoms with Crippen molar-refractivity contribution in [2.75, 3.05) is 12.9 Å². The largest absolute Gasteiger partial charge is 0.467 e. The first-order valence-electron chi connectivity index (χ1n) is 6.96. The number of hydrogen-bond acceptors (Lipinski definition) is 5. The lowest BCUT2D eigenvalue weighted by Gasteiger charge is -2.43. The molecule has 2 aliphatic rings. The number of nitrogens with one attached hydrogen (secondary N) is 1. The molecule has 1 N–H and O–H groups in total. The number of nitrogens with zero attached hydrogens (tertiary/aromatic N) is 1. The number of esters is 1. The number of hydrogen-bond donors (Lipinski definition) is 1. The van der Waals surface area contributed by atoms with Crippen molar-refractivity contribution in [1.82, 2.24) is 10.2 Å². The van der Waals surface area contributed by atoms with Crippen LogP contribution < -0.4 is 5.32 Å². The van der Waals surface area contributed by atoms with Crippen LogP contribution >= 0.6 is 11.8 Å². The Labute approximate surface area is 132 Å². The first kappa shape index (κ1) is 14.9. The van der Waals surface area contributed by atoms with Crippen molar-refractivity contribution in [3.05, 3.63) is 35.9 Å². The van der Waals surface area contributed by atoms with Gasteiger partial charge < -0.3 is 15.0 Å². The van der Waals surface area contributed by atoms with Gasteiger partial charge in [-0.1, -0.05) is 30.3 Å². The van der Waals surface area contributed by atoms with Crippen LogP contribution in [-0.2, 0) is 25.5 Å². The Bertz CT molecular complexity index is 607. The molecule has 2 fully saturated rings. The topological polar surface area (TPSA) is 75.7 Å². The van der Waals surface area contributed by atoms with Gasteiger partial charge in [0.2, 0.25) is 11.8 Å². The van der Waals surface area contributed by atoms with E-state index in [2.05, 4.69) is 5.32 Å². The number of β-lactam (4-membered cyclic amide) rings is 1. The Morgan fingerprint density at radius 1 is 1.36 bits per heavy atom. The zero-order chi connectivity index (χ0) is 15.7. The van der Waals surface area contributed by atoms with Crippen LogP contribution in [0.1, 0.15) is 5.56 Å². The molecule has 7 heteroatoms. The fourth-order valence-electron chi connectivity index (χ4n) is 2.72. The van der Waals surface area contributed by atoms with E-state index in [-0.39, 0.29) is 23.6 Å². The number of thioether (sulfide) groups is 1. The first-order valence-corrected chi connectivity index (χ1v) is 8.01. The summed E-state index contributed by atoms with van der Waals surface area (Å²) in [5.74, 6) is -0.302. The van der Waals surface area contributed by atoms with Gasteiger partial charge in [-0.05, 0) is 5.56 Å². The number of carbonyl (C=O) groups excluding carboxylic acids is 3. The van der Waals surface area contributed by atoms with E-state index in [0.717, 1.165) is 5.56 Å². The van der Waals surface area contributed by atoms with Crippen molar-refractivity contribution in [2.45, 2.75) is 23.9 Å². The lowest BCUT2D eigenvalue weighted by Crippen LogP contribution is -2.70. The monoisotopic (exact) mass is 320 g/mol. The number of amides is 2. The minimum Gasteiger partial charge on any atom is -0.467 e. The summed E-state index contributed by atoms with van der Waals surface area (Å²) < 4.78 is 4.70. The van der Waals surface area contributed by atoms with Crippen molar-refractivity contribution >= 4 is 29.5 Å². The van der Waals surface area contributed by atoms with Crippen LogP contribution in [0.5, 0.6) is 0 Å². The molecular weight excluding hydrogens is 304 g/mol. The maximum atomic E-state index is 12.2. The third-order valence-corrected chi connectivity index (χ3v) is 5.19. The van der Waals surface area contributed by atoms with Gasteiger partial charge in [0.25, 0.3) is 0 Å². The van der Waals surface area contributed by atoms with Gasteiger partial charge in [0, 0.05) is 5.75 Å². The Morgan fingerprint density at radius 3 is 2.77 bits per heavy atom. The van der Waals surface area contributed by atoms with Crippen LogP contribution in [0, 0.1) is 0 Å². The molecule has 0 aliphatic carbocycles. The maximum absolute atomic E-state index is 12.2. The number of methoxy groups -OCH3 is 1. The first-order chi connectivity index (χ1) is 10.6. The molecule has 6 nitrogen and oxygen atoms in total. The zero-order valence-electron chi connectivity index (χ0n) is 12.0. The van der Waals surface area contributed by atoms with Crippen LogP contribution in [0.15, 0.2) is 30.3 Å². The predicted octanol–water partition coefficient (Wildman–Crippen LogP) is 0.171. The Morgan fingerprint density at radius 2 is 2.09 bits per heavy atom. The van der Waals surface area contributed by atoms with E-state index in [1.165, 1.54) is 23.8 Å². The summed E-state index contributed by atoms with van der Waals surface area (Å²) in [4.78, 5) is 37.3. The van der Waals surface area contributed by atoms with Crippen molar-refractivity contribution in [3.8, 4) is 0 Å². The molecule has 3 atom stereocenters. The zero-order valence-corrected chi connectivity index (χ0v) is 12.8. The van der Waals surface area contributed by atoms with E-state index in [1.54, 1.807) is 0 Å². The van der Waals surface area contributed by atoms with Crippen molar-refractivity contribution in [2.24, 2.45) is 0 Å². The van der Waals surface area contributed by atoms with Crippen LogP contribution in [0.25, 0.3) is 0 Å². The number of benzene rings is 1. The molecule has 0 saturated carbocycles. The van der Waals surface area contributed by atoms with E-state index in [0.29, 0.717) is 5.75 Å². The molecule has 2 amide bonds. The number of rotatable bonds is 4. The highest BCUT2D eigenvalue weighted by Gasteiger charge is 2.57. The van der Waals surface area contributed by atoms with E-state index >= 15 is 0 Å². The molecule has 2 saturated heterocycles. The van der Waals surface area contributed by atoms with Gasteiger partial charge in [0.1, 0.15) is 17.5 Å². The Kier molecular flexibility index (Phi) is 4.06. The molecule has 2 heterocycles. The number of fused-ring (bicyclic) bond motifs is 1. The fraction of sp³-hybridized carbons (Fsp3) is 0.400. The van der Waals surface area contributed by atoms with Gasteiger partial charge >= 0.3 is 5.97 Å². The molecule has 0 radical (unpaired) electrons. The second-order valence-electron chi connectivity index (χ2n) is 5.22. The minimum absolute atomic E-state index is 0.170.